The van der Waals surface area contributed by atoms with Crippen molar-refractivity contribution in [3.8, 4) is 5.75 Å². The first kappa shape index (κ1) is 22.1. The Hall–Kier alpha value is -4.08. The van der Waals surface area contributed by atoms with Crippen molar-refractivity contribution in [3.05, 3.63) is 72.3 Å². The van der Waals surface area contributed by atoms with Crippen LogP contribution in [0.3, 0.4) is 0 Å². The molecule has 1 fully saturated rings. The van der Waals surface area contributed by atoms with Gasteiger partial charge in [-0.05, 0) is 41.5 Å². The minimum absolute atomic E-state index is 0.246. The van der Waals surface area contributed by atoms with E-state index in [-0.39, 0.29) is 5.69 Å². The summed E-state index contributed by atoms with van der Waals surface area (Å²) in [6, 6.07) is 17.0. The highest BCUT2D eigenvalue weighted by atomic mass is 19.4. The lowest BCUT2D eigenvalue weighted by molar-refractivity contribution is -0.274. The third-order valence-electron chi connectivity index (χ3n) is 5.29. The number of amides is 4. The monoisotopic (exact) mass is 457 g/mol. The van der Waals surface area contributed by atoms with Crippen LogP contribution in [0.5, 0.6) is 5.75 Å². The zero-order valence-corrected chi connectivity index (χ0v) is 17.3. The number of urea groups is 1. The van der Waals surface area contributed by atoms with Crippen molar-refractivity contribution in [1.29, 1.82) is 0 Å². The fourth-order valence-corrected chi connectivity index (χ4v) is 3.65. The fourth-order valence-electron chi connectivity index (χ4n) is 3.65. The van der Waals surface area contributed by atoms with Gasteiger partial charge in [-0.2, -0.15) is 0 Å². The molecule has 0 bridgehead atoms. The molecule has 10 heteroatoms. The van der Waals surface area contributed by atoms with Crippen molar-refractivity contribution in [2.75, 3.05) is 11.9 Å². The smallest absolute Gasteiger partial charge is 0.404 e. The van der Waals surface area contributed by atoms with E-state index >= 15 is 0 Å². The van der Waals surface area contributed by atoms with Gasteiger partial charge in [0, 0.05) is 0 Å². The highest BCUT2D eigenvalue weighted by Crippen LogP contribution is 2.32. The number of para-hydroxylation sites is 2. The number of imide groups is 1. The van der Waals surface area contributed by atoms with E-state index in [4.69, 9.17) is 0 Å². The SMILES string of the molecule is CC1(c2ccc3ccccc3c2)NC(=O)N(CC(=O)Nc2ccccc2OC(F)(F)F)C1=O. The number of nitrogens with one attached hydrogen (secondary N) is 2. The summed E-state index contributed by atoms with van der Waals surface area (Å²) in [6.07, 6.45) is -4.95. The molecule has 0 aliphatic carbocycles. The Balaban J connectivity index is 1.52. The number of halogens is 3. The van der Waals surface area contributed by atoms with Crippen LogP contribution in [0.25, 0.3) is 10.8 Å². The van der Waals surface area contributed by atoms with Gasteiger partial charge in [0.25, 0.3) is 5.91 Å². The lowest BCUT2D eigenvalue weighted by Crippen LogP contribution is -2.42. The minimum Gasteiger partial charge on any atom is -0.404 e. The maximum absolute atomic E-state index is 13.1. The van der Waals surface area contributed by atoms with E-state index in [9.17, 15) is 27.6 Å². The van der Waals surface area contributed by atoms with Crippen LogP contribution < -0.4 is 15.4 Å². The number of benzene rings is 3. The van der Waals surface area contributed by atoms with Gasteiger partial charge in [0.05, 0.1) is 5.69 Å². The average Bonchev–Trinajstić information content (AvgIpc) is 2.97. The van der Waals surface area contributed by atoms with E-state index < -0.39 is 42.0 Å². The van der Waals surface area contributed by atoms with E-state index in [2.05, 4.69) is 15.4 Å². The standard InChI is InChI=1S/C23H18F3N3O4/c1-22(16-11-10-14-6-2-3-7-15(14)12-16)20(31)29(21(32)28-22)13-19(30)27-17-8-4-5-9-18(17)33-23(24,25)26/h2-12H,13H2,1H3,(H,27,30)(H,28,32). The van der Waals surface area contributed by atoms with Gasteiger partial charge in [0.15, 0.2) is 5.75 Å². The Morgan fingerprint density at radius 1 is 1.03 bits per heavy atom. The summed E-state index contributed by atoms with van der Waals surface area (Å²) in [5, 5.41) is 6.69. The summed E-state index contributed by atoms with van der Waals surface area (Å²) < 4.78 is 41.7. The number of ether oxygens (including phenoxy) is 1. The van der Waals surface area contributed by atoms with Crippen molar-refractivity contribution in [2.45, 2.75) is 18.8 Å². The molecule has 1 aliphatic heterocycles. The van der Waals surface area contributed by atoms with Crippen molar-refractivity contribution >= 4 is 34.3 Å². The van der Waals surface area contributed by atoms with E-state index in [0.29, 0.717) is 5.56 Å². The fraction of sp³-hybridized carbons (Fsp3) is 0.174. The first-order chi connectivity index (χ1) is 15.6. The molecule has 3 aromatic carbocycles. The predicted octanol–water partition coefficient (Wildman–Crippen LogP) is 4.14. The molecule has 2 N–H and O–H groups in total. The summed E-state index contributed by atoms with van der Waals surface area (Å²) in [4.78, 5) is 38.8. The molecular weight excluding hydrogens is 439 g/mol. The summed E-state index contributed by atoms with van der Waals surface area (Å²) in [5.74, 6) is -2.13. The molecule has 0 saturated carbocycles. The molecular formula is C23H18F3N3O4. The predicted molar refractivity (Wildman–Crippen MR) is 113 cm³/mol. The van der Waals surface area contributed by atoms with E-state index in [1.165, 1.54) is 25.1 Å². The number of hydrogen-bond acceptors (Lipinski definition) is 4. The van der Waals surface area contributed by atoms with Gasteiger partial charge in [-0.1, -0.05) is 48.5 Å². The summed E-state index contributed by atoms with van der Waals surface area (Å²) in [6.45, 7) is 0.843. The second-order valence-electron chi connectivity index (χ2n) is 7.60. The second-order valence-corrected chi connectivity index (χ2v) is 7.60. The van der Waals surface area contributed by atoms with E-state index in [1.807, 2.05) is 30.3 Å². The summed E-state index contributed by atoms with van der Waals surface area (Å²) in [5.41, 5.74) is -1.12. The molecule has 1 saturated heterocycles. The van der Waals surface area contributed by atoms with Crippen LogP contribution in [0.15, 0.2) is 66.7 Å². The first-order valence-corrected chi connectivity index (χ1v) is 9.85. The topological polar surface area (TPSA) is 87.7 Å². The third-order valence-corrected chi connectivity index (χ3v) is 5.29. The zero-order valence-electron chi connectivity index (χ0n) is 17.3. The molecule has 0 aromatic heterocycles. The first-order valence-electron chi connectivity index (χ1n) is 9.85. The van der Waals surface area contributed by atoms with Crippen LogP contribution in [0.2, 0.25) is 0 Å². The van der Waals surface area contributed by atoms with Gasteiger partial charge in [-0.15, -0.1) is 13.2 Å². The molecule has 1 aliphatic rings. The lowest BCUT2D eigenvalue weighted by Gasteiger charge is -2.22. The molecule has 0 radical (unpaired) electrons. The molecule has 170 valence electrons. The number of hydrogen-bond donors (Lipinski definition) is 2. The maximum atomic E-state index is 13.1. The van der Waals surface area contributed by atoms with Crippen LogP contribution in [0, 0.1) is 0 Å². The Morgan fingerprint density at radius 3 is 2.42 bits per heavy atom. The van der Waals surface area contributed by atoms with Gasteiger partial charge in [0.1, 0.15) is 12.1 Å². The summed E-state index contributed by atoms with van der Waals surface area (Å²) in [7, 11) is 0. The molecule has 1 heterocycles. The van der Waals surface area contributed by atoms with E-state index in [0.717, 1.165) is 21.7 Å². The van der Waals surface area contributed by atoms with Crippen molar-refractivity contribution < 1.29 is 32.3 Å². The number of nitrogens with zero attached hydrogens (tertiary/aromatic N) is 1. The van der Waals surface area contributed by atoms with Gasteiger partial charge in [0.2, 0.25) is 5.91 Å². The van der Waals surface area contributed by atoms with Crippen molar-refractivity contribution in [2.24, 2.45) is 0 Å². The summed E-state index contributed by atoms with van der Waals surface area (Å²) >= 11 is 0. The zero-order chi connectivity index (χ0) is 23.8. The van der Waals surface area contributed by atoms with Crippen molar-refractivity contribution in [1.82, 2.24) is 10.2 Å². The number of carbonyl (C=O) groups excluding carboxylic acids is 3. The molecule has 1 unspecified atom stereocenters. The number of rotatable bonds is 5. The molecule has 4 rings (SSSR count). The third kappa shape index (κ3) is 4.45. The highest BCUT2D eigenvalue weighted by molar-refractivity contribution is 6.10. The number of anilines is 1. The molecule has 4 amide bonds. The molecule has 3 aromatic rings. The molecule has 0 spiro atoms. The van der Waals surface area contributed by atoms with Crippen LogP contribution >= 0.6 is 0 Å². The number of alkyl halides is 3. The quantitative estimate of drug-likeness (QED) is 0.564. The Bertz CT molecular complexity index is 1260. The molecule has 7 nitrogen and oxygen atoms in total. The van der Waals surface area contributed by atoms with E-state index in [1.54, 1.807) is 12.1 Å². The Kier molecular flexibility index (Phi) is 5.44. The molecule has 33 heavy (non-hydrogen) atoms. The largest absolute Gasteiger partial charge is 0.573 e. The van der Waals surface area contributed by atoms with Gasteiger partial charge < -0.3 is 15.4 Å². The lowest BCUT2D eigenvalue weighted by atomic mass is 9.90. The van der Waals surface area contributed by atoms with Crippen LogP contribution in [0.4, 0.5) is 23.7 Å². The Labute approximate surface area is 186 Å². The van der Waals surface area contributed by atoms with Gasteiger partial charge in [-0.3, -0.25) is 14.5 Å². The van der Waals surface area contributed by atoms with Crippen LogP contribution in [-0.2, 0) is 15.1 Å². The van der Waals surface area contributed by atoms with Gasteiger partial charge >= 0.3 is 12.4 Å². The minimum atomic E-state index is -4.95. The normalized spacial score (nSPS) is 18.4. The van der Waals surface area contributed by atoms with Crippen LogP contribution in [-0.4, -0.2) is 35.7 Å². The van der Waals surface area contributed by atoms with Crippen molar-refractivity contribution in [3.63, 3.8) is 0 Å². The molecule has 1 atom stereocenters. The average molecular weight is 457 g/mol. The maximum Gasteiger partial charge on any atom is 0.573 e. The Morgan fingerprint density at radius 2 is 1.70 bits per heavy atom. The number of carbonyl (C=O) groups is 3. The number of fused-ring (bicyclic) bond motifs is 1. The van der Waals surface area contributed by atoms with Crippen LogP contribution in [0.1, 0.15) is 12.5 Å². The highest BCUT2D eigenvalue weighted by Gasteiger charge is 2.49. The van der Waals surface area contributed by atoms with Gasteiger partial charge in [-0.25, -0.2) is 4.79 Å². The second kappa shape index (κ2) is 8.12.